The van der Waals surface area contributed by atoms with E-state index in [0.29, 0.717) is 6.07 Å². The Balaban J connectivity index is 1.79. The molecule has 0 radical (unpaired) electrons. The van der Waals surface area contributed by atoms with Gasteiger partial charge >= 0.3 is 0 Å². The first-order valence-electron chi connectivity index (χ1n) is 8.97. The molecule has 4 rings (SSSR count). The largest absolute Gasteiger partial charge is 0.480 e. The molecule has 0 saturated carbocycles. The number of H-pyrrole nitrogens is 1. The highest BCUT2D eigenvalue weighted by atomic mass is 32.2. The summed E-state index contributed by atoms with van der Waals surface area (Å²) in [5.41, 5.74) is 4.17. The second kappa shape index (κ2) is 8.05. The number of rotatable bonds is 6. The van der Waals surface area contributed by atoms with Gasteiger partial charge in [0.2, 0.25) is 5.88 Å². The third-order valence-corrected chi connectivity index (χ3v) is 5.92. The number of nitrogens with zero attached hydrogens (tertiary/aromatic N) is 3. The fourth-order valence-electron chi connectivity index (χ4n) is 3.10. The number of methoxy groups -OCH3 is 1. The maximum Gasteiger partial charge on any atom is 0.268 e. The molecule has 0 aliphatic carbocycles. The van der Waals surface area contributed by atoms with E-state index in [1.54, 1.807) is 0 Å². The monoisotopic (exact) mass is 478 g/mol. The van der Waals surface area contributed by atoms with Crippen molar-refractivity contribution in [3.8, 4) is 17.0 Å². The molecular weight excluding hydrogens is 465 g/mol. The molecule has 0 bridgehead atoms. The Bertz CT molecular complexity index is 1520. The second-order valence-corrected chi connectivity index (χ2v) is 8.22. The van der Waals surface area contributed by atoms with Crippen LogP contribution in [0.1, 0.15) is 10.5 Å². The number of benzene rings is 1. The maximum atomic E-state index is 15.2. The lowest BCUT2D eigenvalue weighted by molar-refractivity contribution is 0.0997. The van der Waals surface area contributed by atoms with Crippen molar-refractivity contribution in [3.63, 3.8) is 0 Å². The van der Waals surface area contributed by atoms with E-state index in [1.807, 2.05) is 4.72 Å². The number of halogens is 3. The molecule has 0 unspecified atom stereocenters. The number of aromatic nitrogens is 4. The molecule has 4 N–H and O–H groups in total. The summed E-state index contributed by atoms with van der Waals surface area (Å²) in [6.07, 6.45) is 1.79. The molecular formula is C19H13F3N6O4S. The van der Waals surface area contributed by atoms with Gasteiger partial charge in [0.15, 0.2) is 22.3 Å². The number of sulfonamides is 1. The number of nitrogens with one attached hydrogen (secondary N) is 2. The lowest BCUT2D eigenvalue weighted by atomic mass is 10.0. The van der Waals surface area contributed by atoms with Crippen molar-refractivity contribution < 1.29 is 31.1 Å². The number of fused-ring (bicyclic) bond motifs is 1. The highest BCUT2D eigenvalue weighted by molar-refractivity contribution is 7.92. The van der Waals surface area contributed by atoms with Crippen LogP contribution in [-0.4, -0.2) is 41.6 Å². The molecule has 33 heavy (non-hydrogen) atoms. The van der Waals surface area contributed by atoms with Crippen molar-refractivity contribution in [1.82, 2.24) is 20.2 Å². The number of carbonyl (C=O) groups is 1. The van der Waals surface area contributed by atoms with Crippen LogP contribution in [0.3, 0.4) is 0 Å². The molecule has 3 aromatic heterocycles. The number of amides is 1. The van der Waals surface area contributed by atoms with Crippen LogP contribution in [-0.2, 0) is 10.0 Å². The minimum Gasteiger partial charge on any atom is -0.480 e. The number of aromatic amines is 1. The van der Waals surface area contributed by atoms with E-state index in [0.717, 1.165) is 25.6 Å². The van der Waals surface area contributed by atoms with Crippen LogP contribution in [0.4, 0.5) is 19.0 Å². The van der Waals surface area contributed by atoms with Crippen molar-refractivity contribution in [3.05, 3.63) is 59.8 Å². The fourth-order valence-corrected chi connectivity index (χ4v) is 4.24. The average molecular weight is 478 g/mol. The van der Waals surface area contributed by atoms with E-state index in [-0.39, 0.29) is 27.7 Å². The van der Waals surface area contributed by atoms with Crippen LogP contribution in [0.25, 0.3) is 22.0 Å². The molecule has 0 aliphatic rings. The first-order valence-corrected chi connectivity index (χ1v) is 10.5. The minimum absolute atomic E-state index is 0.0878. The average Bonchev–Trinajstić information content (AvgIpc) is 3.21. The van der Waals surface area contributed by atoms with Gasteiger partial charge in [0, 0.05) is 28.8 Å². The summed E-state index contributed by atoms with van der Waals surface area (Å²) in [7, 11) is -3.47. The molecule has 0 fully saturated rings. The van der Waals surface area contributed by atoms with Gasteiger partial charge in [-0.25, -0.2) is 31.6 Å². The Morgan fingerprint density at radius 3 is 2.55 bits per heavy atom. The van der Waals surface area contributed by atoms with Crippen molar-refractivity contribution in [2.45, 2.75) is 4.90 Å². The lowest BCUT2D eigenvalue weighted by Crippen LogP contribution is -2.17. The highest BCUT2D eigenvalue weighted by Crippen LogP contribution is 2.33. The van der Waals surface area contributed by atoms with E-state index >= 15 is 8.78 Å². The number of hydrogen-bond acceptors (Lipinski definition) is 7. The number of ether oxygens (including phenoxy) is 1. The Morgan fingerprint density at radius 2 is 1.85 bits per heavy atom. The number of carbonyl (C=O) groups excluding carboxylic acids is 1. The van der Waals surface area contributed by atoms with Gasteiger partial charge in [-0.05, 0) is 12.1 Å². The molecule has 1 aromatic carbocycles. The zero-order valence-corrected chi connectivity index (χ0v) is 17.4. The van der Waals surface area contributed by atoms with Gasteiger partial charge in [-0.3, -0.25) is 14.6 Å². The Morgan fingerprint density at radius 1 is 1.12 bits per heavy atom. The van der Waals surface area contributed by atoms with E-state index in [9.17, 15) is 17.6 Å². The molecule has 0 spiro atoms. The third-order valence-electron chi connectivity index (χ3n) is 4.59. The Labute approximate surface area is 183 Å². The second-order valence-electron chi connectivity index (χ2n) is 6.57. The fraction of sp³-hybridized carbons (Fsp3) is 0.0526. The molecule has 4 aromatic rings. The SMILES string of the molecule is COc1ncc(F)cc1S(=O)(=O)Nc1nccc(-c2ccc3c(C(N)=O)[nH]nc3c2F)c1F. The number of hydrogen-bond donors (Lipinski definition) is 3. The summed E-state index contributed by atoms with van der Waals surface area (Å²) in [6, 6.07) is 4.24. The smallest absolute Gasteiger partial charge is 0.268 e. The zero-order chi connectivity index (χ0) is 23.9. The summed E-state index contributed by atoms with van der Waals surface area (Å²) in [5, 5.41) is 6.10. The van der Waals surface area contributed by atoms with E-state index in [4.69, 9.17) is 10.5 Å². The molecule has 3 heterocycles. The van der Waals surface area contributed by atoms with Crippen LogP contribution in [0.5, 0.6) is 5.88 Å². The number of nitrogens with two attached hydrogens (primary N) is 1. The maximum absolute atomic E-state index is 15.2. The highest BCUT2D eigenvalue weighted by Gasteiger charge is 2.26. The normalized spacial score (nSPS) is 11.5. The summed E-state index contributed by atoms with van der Waals surface area (Å²) < 4.78 is 75.9. The molecule has 10 nitrogen and oxygen atoms in total. The number of primary amides is 1. The van der Waals surface area contributed by atoms with Crippen LogP contribution >= 0.6 is 0 Å². The summed E-state index contributed by atoms with van der Waals surface area (Å²) in [5.74, 6) is -5.24. The van der Waals surface area contributed by atoms with Crippen LogP contribution < -0.4 is 15.2 Å². The minimum atomic E-state index is -4.59. The Hall–Kier alpha value is -4.20. The van der Waals surface area contributed by atoms with Crippen molar-refractivity contribution in [2.24, 2.45) is 5.73 Å². The molecule has 0 aliphatic heterocycles. The van der Waals surface area contributed by atoms with Gasteiger partial charge in [-0.15, -0.1) is 0 Å². The van der Waals surface area contributed by atoms with Crippen LogP contribution in [0, 0.1) is 17.5 Å². The van der Waals surface area contributed by atoms with Gasteiger partial charge in [0.05, 0.1) is 13.3 Å². The van der Waals surface area contributed by atoms with Gasteiger partial charge in [-0.2, -0.15) is 5.10 Å². The first kappa shape index (κ1) is 22.0. The topological polar surface area (TPSA) is 153 Å². The van der Waals surface area contributed by atoms with Crippen molar-refractivity contribution >= 4 is 32.7 Å². The number of pyridine rings is 2. The molecule has 1 amide bonds. The molecule has 14 heteroatoms. The molecule has 0 saturated heterocycles. The number of anilines is 1. The van der Waals surface area contributed by atoms with E-state index in [2.05, 4.69) is 20.2 Å². The summed E-state index contributed by atoms with van der Waals surface area (Å²) >= 11 is 0. The predicted molar refractivity (Wildman–Crippen MR) is 109 cm³/mol. The van der Waals surface area contributed by atoms with E-state index in [1.165, 1.54) is 12.1 Å². The summed E-state index contributed by atoms with van der Waals surface area (Å²) in [4.78, 5) is 17.9. The van der Waals surface area contributed by atoms with Crippen LogP contribution in [0.15, 0.2) is 41.6 Å². The lowest BCUT2D eigenvalue weighted by Gasteiger charge is -2.12. The molecule has 0 atom stereocenters. The molecule has 170 valence electrons. The van der Waals surface area contributed by atoms with Crippen molar-refractivity contribution in [1.29, 1.82) is 0 Å². The van der Waals surface area contributed by atoms with Gasteiger partial charge in [0.25, 0.3) is 15.9 Å². The third kappa shape index (κ3) is 3.80. The van der Waals surface area contributed by atoms with Crippen molar-refractivity contribution in [2.75, 3.05) is 11.8 Å². The standard InChI is InChI=1S/C19H13F3N6O4S/c1-32-19-12(6-8(20)7-25-19)33(30,31)28-18-14(22)10(4-5-24-18)9-2-3-11-15(13(9)21)26-27-16(11)17(23)29/h2-7H,1H3,(H2,23,29)(H,24,28)(H,26,27). The summed E-state index contributed by atoms with van der Waals surface area (Å²) in [6.45, 7) is 0. The van der Waals surface area contributed by atoms with Gasteiger partial charge < -0.3 is 10.5 Å². The van der Waals surface area contributed by atoms with Crippen LogP contribution in [0.2, 0.25) is 0 Å². The van der Waals surface area contributed by atoms with Gasteiger partial charge in [0.1, 0.15) is 17.0 Å². The Kier molecular flexibility index (Phi) is 5.37. The van der Waals surface area contributed by atoms with E-state index < -0.39 is 50.0 Å². The zero-order valence-electron chi connectivity index (χ0n) is 16.6. The first-order chi connectivity index (χ1) is 15.6. The van der Waals surface area contributed by atoms with Gasteiger partial charge in [-0.1, -0.05) is 6.07 Å². The predicted octanol–water partition coefficient (Wildman–Crippen LogP) is 2.35. The quantitative estimate of drug-likeness (QED) is 0.384.